The average Bonchev–Trinajstić information content (AvgIpc) is 2.80. The van der Waals surface area contributed by atoms with Crippen molar-refractivity contribution in [1.29, 1.82) is 0 Å². The summed E-state index contributed by atoms with van der Waals surface area (Å²) in [6.07, 6.45) is 2.03. The number of rotatable bonds is 6. The number of hydrogen-bond acceptors (Lipinski definition) is 5. The first kappa shape index (κ1) is 16.0. The zero-order valence-corrected chi connectivity index (χ0v) is 13.9. The van der Waals surface area contributed by atoms with E-state index in [1.165, 1.54) is 4.90 Å². The van der Waals surface area contributed by atoms with Gasteiger partial charge in [-0.1, -0.05) is 5.16 Å². The van der Waals surface area contributed by atoms with Crippen LogP contribution in [0.3, 0.4) is 0 Å². The summed E-state index contributed by atoms with van der Waals surface area (Å²) in [6.45, 7) is 3.81. The molecule has 1 aromatic carbocycles. The molecule has 21 heavy (non-hydrogen) atoms. The van der Waals surface area contributed by atoms with E-state index in [0.29, 0.717) is 5.75 Å². The van der Waals surface area contributed by atoms with Crippen molar-refractivity contribution in [2.24, 2.45) is 0 Å². The molecule has 0 atom stereocenters. The zero-order chi connectivity index (χ0) is 15.2. The Balaban J connectivity index is 1.79. The molecule has 0 aliphatic carbocycles. The molecule has 6 heteroatoms. The van der Waals surface area contributed by atoms with Crippen LogP contribution in [0.2, 0.25) is 0 Å². The van der Waals surface area contributed by atoms with Gasteiger partial charge in [0.1, 0.15) is 5.76 Å². The largest absolute Gasteiger partial charge is 0.361 e. The summed E-state index contributed by atoms with van der Waals surface area (Å²) >= 11 is 3.24. The minimum atomic E-state index is 0.00339. The molecule has 0 unspecified atom stereocenters. The summed E-state index contributed by atoms with van der Waals surface area (Å²) in [5, 5.41) is 6.80. The van der Waals surface area contributed by atoms with Crippen molar-refractivity contribution in [2.45, 2.75) is 24.5 Å². The minimum Gasteiger partial charge on any atom is -0.361 e. The van der Waals surface area contributed by atoms with Gasteiger partial charge >= 0.3 is 0 Å². The van der Waals surface area contributed by atoms with Gasteiger partial charge in [-0.15, -0.1) is 23.5 Å². The van der Waals surface area contributed by atoms with Crippen LogP contribution in [-0.4, -0.2) is 23.1 Å². The fraction of sp³-hybridized carbons (Fsp3) is 0.333. The number of benzene rings is 1. The molecule has 0 aliphatic heterocycles. The number of anilines is 1. The van der Waals surface area contributed by atoms with Gasteiger partial charge in [0, 0.05) is 21.9 Å². The number of hydrogen-bond donors (Lipinski definition) is 1. The third kappa shape index (κ3) is 4.54. The standard InChI is InChI=1S/C15H18N2O2S2/c1-10-14(11(2)19-17-10)8-21-9-15(18)16-12-4-6-13(20-3)7-5-12/h4-7H,8-9H2,1-3H3,(H,16,18). The Morgan fingerprint density at radius 2 is 2.00 bits per heavy atom. The van der Waals surface area contributed by atoms with Crippen molar-refractivity contribution < 1.29 is 9.32 Å². The second-order valence-electron chi connectivity index (χ2n) is 4.57. The van der Waals surface area contributed by atoms with Crippen molar-refractivity contribution in [3.8, 4) is 0 Å². The Morgan fingerprint density at radius 3 is 2.57 bits per heavy atom. The first-order valence-corrected chi connectivity index (χ1v) is 8.91. The molecule has 1 heterocycles. The number of aromatic nitrogens is 1. The topological polar surface area (TPSA) is 55.1 Å². The van der Waals surface area contributed by atoms with E-state index in [2.05, 4.69) is 10.5 Å². The molecule has 0 fully saturated rings. The highest BCUT2D eigenvalue weighted by molar-refractivity contribution is 7.99. The van der Waals surface area contributed by atoms with Gasteiger partial charge in [-0.25, -0.2) is 0 Å². The van der Waals surface area contributed by atoms with Crippen molar-refractivity contribution >= 4 is 35.1 Å². The van der Waals surface area contributed by atoms with Gasteiger partial charge in [0.25, 0.3) is 0 Å². The van der Waals surface area contributed by atoms with Crippen LogP contribution in [-0.2, 0) is 10.5 Å². The number of thioether (sulfide) groups is 2. The highest BCUT2D eigenvalue weighted by atomic mass is 32.2. The molecule has 0 aliphatic rings. The summed E-state index contributed by atoms with van der Waals surface area (Å²) in [5.41, 5.74) is 2.81. The average molecular weight is 322 g/mol. The summed E-state index contributed by atoms with van der Waals surface area (Å²) in [7, 11) is 0. The summed E-state index contributed by atoms with van der Waals surface area (Å²) in [5.74, 6) is 1.98. The molecular formula is C15H18N2O2S2. The maximum Gasteiger partial charge on any atom is 0.234 e. The van der Waals surface area contributed by atoms with Gasteiger partial charge < -0.3 is 9.84 Å². The van der Waals surface area contributed by atoms with Gasteiger partial charge in [0.15, 0.2) is 0 Å². The van der Waals surface area contributed by atoms with Crippen LogP contribution in [0.4, 0.5) is 5.69 Å². The SMILES string of the molecule is CSc1ccc(NC(=O)CSCc2c(C)noc2C)cc1. The summed E-state index contributed by atoms with van der Waals surface area (Å²) in [6, 6.07) is 7.83. The first-order chi connectivity index (χ1) is 10.1. The van der Waals surface area contributed by atoms with Crippen LogP contribution in [0.15, 0.2) is 33.7 Å². The van der Waals surface area contributed by atoms with E-state index < -0.39 is 0 Å². The maximum atomic E-state index is 11.9. The molecule has 4 nitrogen and oxygen atoms in total. The fourth-order valence-corrected chi connectivity index (χ4v) is 3.21. The lowest BCUT2D eigenvalue weighted by Crippen LogP contribution is -2.14. The number of carbonyl (C=O) groups excluding carboxylic acids is 1. The second-order valence-corrected chi connectivity index (χ2v) is 6.44. The van der Waals surface area contributed by atoms with E-state index >= 15 is 0 Å². The molecule has 0 spiro atoms. The lowest BCUT2D eigenvalue weighted by Gasteiger charge is -2.06. The lowest BCUT2D eigenvalue weighted by atomic mass is 10.2. The monoisotopic (exact) mass is 322 g/mol. The van der Waals surface area contributed by atoms with Crippen molar-refractivity contribution in [1.82, 2.24) is 5.16 Å². The Bertz CT molecular complexity index is 589. The predicted molar refractivity (Wildman–Crippen MR) is 89.0 cm³/mol. The molecule has 0 saturated carbocycles. The van der Waals surface area contributed by atoms with Gasteiger partial charge in [-0.05, 0) is 44.4 Å². The third-order valence-electron chi connectivity index (χ3n) is 3.03. The Hall–Kier alpha value is -1.40. The van der Waals surface area contributed by atoms with E-state index in [1.807, 2.05) is 44.4 Å². The number of nitrogens with zero attached hydrogens (tertiary/aromatic N) is 1. The molecule has 112 valence electrons. The van der Waals surface area contributed by atoms with Crippen molar-refractivity contribution in [2.75, 3.05) is 17.3 Å². The predicted octanol–water partition coefficient (Wildman–Crippen LogP) is 3.89. The number of carbonyl (C=O) groups is 1. The van der Waals surface area contributed by atoms with Gasteiger partial charge in [-0.2, -0.15) is 0 Å². The highest BCUT2D eigenvalue weighted by Crippen LogP contribution is 2.20. The molecule has 1 aromatic heterocycles. The summed E-state index contributed by atoms with van der Waals surface area (Å²) in [4.78, 5) is 13.1. The van der Waals surface area contributed by atoms with Crippen LogP contribution in [0.1, 0.15) is 17.0 Å². The molecule has 2 aromatic rings. The van der Waals surface area contributed by atoms with Crippen molar-refractivity contribution in [3.63, 3.8) is 0 Å². The van der Waals surface area contributed by atoms with E-state index in [4.69, 9.17) is 4.52 Å². The molecular weight excluding hydrogens is 304 g/mol. The van der Waals surface area contributed by atoms with E-state index in [1.54, 1.807) is 23.5 Å². The maximum absolute atomic E-state index is 11.9. The van der Waals surface area contributed by atoms with Crippen LogP contribution in [0.5, 0.6) is 0 Å². The molecule has 1 N–H and O–H groups in total. The smallest absolute Gasteiger partial charge is 0.234 e. The molecule has 1 amide bonds. The lowest BCUT2D eigenvalue weighted by molar-refractivity contribution is -0.113. The van der Waals surface area contributed by atoms with Crippen molar-refractivity contribution in [3.05, 3.63) is 41.3 Å². The molecule has 0 saturated heterocycles. The number of amides is 1. The quantitative estimate of drug-likeness (QED) is 0.818. The Kier molecular flexibility index (Phi) is 5.76. The Morgan fingerprint density at radius 1 is 1.29 bits per heavy atom. The normalized spacial score (nSPS) is 10.6. The van der Waals surface area contributed by atoms with Gasteiger partial charge in [-0.3, -0.25) is 4.79 Å². The highest BCUT2D eigenvalue weighted by Gasteiger charge is 2.10. The first-order valence-electron chi connectivity index (χ1n) is 6.53. The van der Waals surface area contributed by atoms with Crippen LogP contribution in [0.25, 0.3) is 0 Å². The van der Waals surface area contributed by atoms with E-state index in [9.17, 15) is 4.79 Å². The molecule has 0 radical (unpaired) electrons. The molecule has 0 bridgehead atoms. The summed E-state index contributed by atoms with van der Waals surface area (Å²) < 4.78 is 5.10. The number of aryl methyl sites for hydroxylation is 2. The minimum absolute atomic E-state index is 0.00339. The van der Waals surface area contributed by atoms with Gasteiger partial charge in [0.2, 0.25) is 5.91 Å². The number of nitrogens with one attached hydrogen (secondary N) is 1. The molecule has 2 rings (SSSR count). The van der Waals surface area contributed by atoms with Crippen LogP contribution < -0.4 is 5.32 Å². The fourth-order valence-electron chi connectivity index (χ4n) is 1.83. The van der Waals surface area contributed by atoms with E-state index in [0.717, 1.165) is 28.5 Å². The Labute approximate surface area is 133 Å². The van der Waals surface area contributed by atoms with Crippen LogP contribution in [0, 0.1) is 13.8 Å². The van der Waals surface area contributed by atoms with Crippen LogP contribution >= 0.6 is 23.5 Å². The zero-order valence-electron chi connectivity index (χ0n) is 12.3. The van der Waals surface area contributed by atoms with Gasteiger partial charge in [0.05, 0.1) is 11.4 Å². The second kappa shape index (κ2) is 7.56. The van der Waals surface area contributed by atoms with E-state index in [-0.39, 0.29) is 5.91 Å². The third-order valence-corrected chi connectivity index (χ3v) is 4.74.